The molecule has 0 N–H and O–H groups in total. The van der Waals surface area contributed by atoms with E-state index >= 15 is 0 Å². The Morgan fingerprint density at radius 1 is 1.11 bits per heavy atom. The van der Waals surface area contributed by atoms with Crippen LogP contribution in [0.15, 0.2) is 59.7 Å². The van der Waals surface area contributed by atoms with Crippen molar-refractivity contribution in [2.45, 2.75) is 6.54 Å². The molecular weight excluding hydrogens is 351 g/mol. The topological polar surface area (TPSA) is 34.9 Å². The molecule has 2 heterocycles. The summed E-state index contributed by atoms with van der Waals surface area (Å²) >= 11 is 2.09. The van der Waals surface area contributed by atoms with E-state index in [4.69, 9.17) is 0 Å². The van der Waals surface area contributed by atoms with Crippen LogP contribution in [0.2, 0.25) is 0 Å². The van der Waals surface area contributed by atoms with E-state index in [0.717, 1.165) is 20.2 Å². The highest BCUT2D eigenvalue weighted by atomic mass is 127. The minimum atomic E-state index is 0.0912. The Kier molecular flexibility index (Phi) is 3.33. The molecule has 3 nitrogen and oxygen atoms in total. The van der Waals surface area contributed by atoms with Crippen LogP contribution in [-0.4, -0.2) is 9.55 Å². The number of benzene rings is 1. The summed E-state index contributed by atoms with van der Waals surface area (Å²) in [5, 5.41) is 0.755. The van der Waals surface area contributed by atoms with Gasteiger partial charge in [0.1, 0.15) is 0 Å². The Morgan fingerprint density at radius 3 is 2.68 bits per heavy atom. The second-order valence-corrected chi connectivity index (χ2v) is 5.43. The van der Waals surface area contributed by atoms with Gasteiger partial charge in [-0.2, -0.15) is 0 Å². The fourth-order valence-corrected chi connectivity index (χ4v) is 2.73. The maximum atomic E-state index is 12.1. The lowest BCUT2D eigenvalue weighted by atomic mass is 10.2. The van der Waals surface area contributed by atoms with Crippen molar-refractivity contribution in [3.63, 3.8) is 0 Å². The molecule has 0 bridgehead atoms. The third-order valence-electron chi connectivity index (χ3n) is 3.00. The molecule has 1 aromatic carbocycles. The van der Waals surface area contributed by atoms with Crippen LogP contribution < -0.4 is 5.43 Å². The van der Waals surface area contributed by atoms with Crippen molar-refractivity contribution in [2.24, 2.45) is 0 Å². The van der Waals surface area contributed by atoms with Gasteiger partial charge in [-0.3, -0.25) is 9.78 Å². The highest BCUT2D eigenvalue weighted by molar-refractivity contribution is 14.1. The van der Waals surface area contributed by atoms with Gasteiger partial charge in [0.15, 0.2) is 0 Å². The van der Waals surface area contributed by atoms with E-state index in [1.165, 1.54) is 0 Å². The summed E-state index contributed by atoms with van der Waals surface area (Å²) in [5.41, 5.74) is 2.01. The van der Waals surface area contributed by atoms with Crippen LogP contribution in [0.4, 0.5) is 0 Å². The van der Waals surface area contributed by atoms with E-state index in [-0.39, 0.29) is 5.43 Å². The lowest BCUT2D eigenvalue weighted by Crippen LogP contribution is -2.13. The summed E-state index contributed by atoms with van der Waals surface area (Å²) in [6, 6.07) is 13.5. The molecule has 0 aliphatic carbocycles. The van der Waals surface area contributed by atoms with E-state index in [1.54, 1.807) is 6.20 Å². The summed E-state index contributed by atoms with van der Waals surface area (Å²) in [4.78, 5) is 16.4. The number of fused-ring (bicyclic) bond motifs is 1. The van der Waals surface area contributed by atoms with Crippen molar-refractivity contribution in [1.82, 2.24) is 9.55 Å². The Balaban J connectivity index is 2.19. The monoisotopic (exact) mass is 362 g/mol. The smallest absolute Gasteiger partial charge is 0.202 e. The predicted octanol–water partition coefficient (Wildman–Crippen LogP) is 3.05. The van der Waals surface area contributed by atoms with Crippen LogP contribution in [0.25, 0.3) is 10.9 Å². The minimum absolute atomic E-state index is 0.0912. The number of pyridine rings is 2. The normalized spacial score (nSPS) is 10.8. The Hall–Kier alpha value is -1.69. The second-order valence-electron chi connectivity index (χ2n) is 4.27. The first-order valence-corrected chi connectivity index (χ1v) is 7.01. The van der Waals surface area contributed by atoms with Crippen molar-refractivity contribution >= 4 is 33.5 Å². The number of halogens is 1. The molecule has 0 aliphatic heterocycles. The van der Waals surface area contributed by atoms with Crippen molar-refractivity contribution in [1.29, 1.82) is 0 Å². The summed E-state index contributed by atoms with van der Waals surface area (Å²) in [5.74, 6) is 0. The first-order valence-electron chi connectivity index (χ1n) is 5.93. The molecule has 0 saturated heterocycles. The summed E-state index contributed by atoms with van der Waals surface area (Å²) in [6.45, 7) is 0.664. The van der Waals surface area contributed by atoms with Gasteiger partial charge in [0, 0.05) is 17.8 Å². The van der Waals surface area contributed by atoms with Gasteiger partial charge in [0.25, 0.3) is 0 Å². The molecule has 0 fully saturated rings. The van der Waals surface area contributed by atoms with Crippen molar-refractivity contribution in [3.8, 4) is 0 Å². The average molecular weight is 362 g/mol. The molecule has 3 aromatic rings. The van der Waals surface area contributed by atoms with E-state index in [1.807, 2.05) is 48.7 Å². The lowest BCUT2D eigenvalue weighted by Gasteiger charge is -2.11. The van der Waals surface area contributed by atoms with Gasteiger partial charge >= 0.3 is 0 Å². The molecule has 0 spiro atoms. The third-order valence-corrected chi connectivity index (χ3v) is 3.77. The zero-order valence-electron chi connectivity index (χ0n) is 10.1. The molecule has 0 radical (unpaired) electrons. The molecular formula is C15H11IN2O. The van der Waals surface area contributed by atoms with Crippen LogP contribution >= 0.6 is 22.6 Å². The van der Waals surface area contributed by atoms with Crippen LogP contribution in [0.1, 0.15) is 5.69 Å². The molecule has 0 atom stereocenters. The highest BCUT2D eigenvalue weighted by Crippen LogP contribution is 2.14. The third kappa shape index (κ3) is 2.40. The molecule has 19 heavy (non-hydrogen) atoms. The average Bonchev–Trinajstić information content (AvgIpc) is 2.46. The van der Waals surface area contributed by atoms with Crippen LogP contribution in [0.5, 0.6) is 0 Å². The van der Waals surface area contributed by atoms with E-state index in [9.17, 15) is 4.79 Å². The maximum absolute atomic E-state index is 12.1. The highest BCUT2D eigenvalue weighted by Gasteiger charge is 2.07. The van der Waals surface area contributed by atoms with Crippen LogP contribution in [-0.2, 0) is 6.54 Å². The van der Waals surface area contributed by atoms with Gasteiger partial charge in [-0.15, -0.1) is 0 Å². The minimum Gasteiger partial charge on any atom is -0.340 e. The molecule has 0 amide bonds. The first kappa shape index (κ1) is 12.3. The number of rotatable bonds is 2. The zero-order chi connectivity index (χ0) is 13.2. The predicted molar refractivity (Wildman–Crippen MR) is 84.3 cm³/mol. The van der Waals surface area contributed by atoms with Crippen LogP contribution in [0, 0.1) is 3.57 Å². The first-order chi connectivity index (χ1) is 9.25. The number of hydrogen-bond donors (Lipinski definition) is 0. The summed E-state index contributed by atoms with van der Waals surface area (Å²) in [6.07, 6.45) is 3.67. The Morgan fingerprint density at radius 2 is 1.89 bits per heavy atom. The van der Waals surface area contributed by atoms with Gasteiger partial charge in [0.2, 0.25) is 5.43 Å². The number of nitrogens with zero attached hydrogens (tertiary/aromatic N) is 2. The second kappa shape index (κ2) is 5.13. The fraction of sp³-hybridized carbons (Fsp3) is 0.0667. The molecule has 2 aromatic heterocycles. The van der Waals surface area contributed by atoms with Crippen LogP contribution in [0.3, 0.4) is 0 Å². The molecule has 0 saturated carbocycles. The number of aromatic nitrogens is 2. The maximum Gasteiger partial charge on any atom is 0.202 e. The molecule has 3 rings (SSSR count). The summed E-state index contributed by atoms with van der Waals surface area (Å²) in [7, 11) is 0. The van der Waals surface area contributed by atoms with E-state index in [2.05, 4.69) is 32.1 Å². The SMILES string of the molecule is O=c1c(I)cn(Cc2ccccn2)c2ccccc12. The number of hydrogen-bond acceptors (Lipinski definition) is 2. The van der Waals surface area contributed by atoms with E-state index < -0.39 is 0 Å². The number of para-hydroxylation sites is 1. The molecule has 0 unspecified atom stereocenters. The van der Waals surface area contributed by atoms with Crippen molar-refractivity contribution < 1.29 is 0 Å². The fourth-order valence-electron chi connectivity index (χ4n) is 2.11. The largest absolute Gasteiger partial charge is 0.340 e. The van der Waals surface area contributed by atoms with Gasteiger partial charge in [-0.05, 0) is 46.9 Å². The molecule has 94 valence electrons. The zero-order valence-corrected chi connectivity index (χ0v) is 12.2. The van der Waals surface area contributed by atoms with E-state index in [0.29, 0.717) is 6.54 Å². The lowest BCUT2D eigenvalue weighted by molar-refractivity contribution is 0.795. The Labute approximate surface area is 124 Å². The Bertz CT molecular complexity index is 781. The van der Waals surface area contributed by atoms with Gasteiger partial charge in [-0.25, -0.2) is 0 Å². The molecule has 0 aliphatic rings. The van der Waals surface area contributed by atoms with Gasteiger partial charge in [0.05, 0.1) is 21.3 Å². The van der Waals surface area contributed by atoms with Gasteiger partial charge < -0.3 is 4.57 Å². The molecule has 4 heteroatoms. The van der Waals surface area contributed by atoms with Crippen molar-refractivity contribution in [3.05, 3.63) is 74.3 Å². The van der Waals surface area contributed by atoms with Gasteiger partial charge in [-0.1, -0.05) is 18.2 Å². The standard InChI is InChI=1S/C15H11IN2O/c16-13-10-18(9-11-5-3-4-8-17-11)14-7-2-1-6-12(14)15(13)19/h1-8,10H,9H2. The summed E-state index contributed by atoms with van der Waals surface area (Å²) < 4.78 is 2.80. The van der Waals surface area contributed by atoms with Crippen molar-refractivity contribution in [2.75, 3.05) is 0 Å². The quantitative estimate of drug-likeness (QED) is 0.657.